The smallest absolute Gasteiger partial charge is 0.304 e. The van der Waals surface area contributed by atoms with Crippen molar-refractivity contribution in [3.8, 4) is 0 Å². The largest absolute Gasteiger partial charge is 0.381 e. The average Bonchev–Trinajstić information content (AvgIpc) is 2.45. The molecule has 0 aromatic heterocycles. The number of anilines is 1. The molecule has 0 aliphatic rings. The molecule has 2 aromatic carbocycles. The Morgan fingerprint density at radius 1 is 1.20 bits per heavy atom. The highest BCUT2D eigenvalue weighted by atomic mass is 19.1. The SMILES string of the molecule is CCc1cccc(NCc2ccc([N+](=O)[O-])c(F)c2)c1. The van der Waals surface area contributed by atoms with Crippen LogP contribution in [0.3, 0.4) is 0 Å². The van der Waals surface area contributed by atoms with Crippen LogP contribution in [0.5, 0.6) is 0 Å². The highest BCUT2D eigenvalue weighted by Crippen LogP contribution is 2.19. The Morgan fingerprint density at radius 2 is 2.00 bits per heavy atom. The highest BCUT2D eigenvalue weighted by molar-refractivity contribution is 5.46. The van der Waals surface area contributed by atoms with E-state index in [9.17, 15) is 14.5 Å². The zero-order valence-electron chi connectivity index (χ0n) is 11.1. The van der Waals surface area contributed by atoms with E-state index in [0.717, 1.165) is 12.1 Å². The molecule has 0 fully saturated rings. The van der Waals surface area contributed by atoms with Crippen molar-refractivity contribution in [1.29, 1.82) is 0 Å². The van der Waals surface area contributed by atoms with Crippen LogP contribution in [0.2, 0.25) is 0 Å². The van der Waals surface area contributed by atoms with Crippen LogP contribution in [0.1, 0.15) is 18.1 Å². The van der Waals surface area contributed by atoms with Crippen molar-refractivity contribution >= 4 is 11.4 Å². The number of hydrogen-bond donors (Lipinski definition) is 1. The lowest BCUT2D eigenvalue weighted by molar-refractivity contribution is -0.387. The second-order valence-electron chi connectivity index (χ2n) is 4.45. The predicted octanol–water partition coefficient (Wildman–Crippen LogP) is 3.91. The van der Waals surface area contributed by atoms with Crippen molar-refractivity contribution in [3.05, 3.63) is 69.5 Å². The lowest BCUT2D eigenvalue weighted by Gasteiger charge is -2.08. The summed E-state index contributed by atoms with van der Waals surface area (Å²) >= 11 is 0. The molecule has 5 heteroatoms. The van der Waals surface area contributed by atoms with Crippen molar-refractivity contribution in [2.75, 3.05) is 5.32 Å². The Kier molecular flexibility index (Phi) is 4.30. The number of nitrogens with one attached hydrogen (secondary N) is 1. The van der Waals surface area contributed by atoms with Gasteiger partial charge in [-0.25, -0.2) is 0 Å². The van der Waals surface area contributed by atoms with Gasteiger partial charge in [0.05, 0.1) is 4.92 Å². The third-order valence-corrected chi connectivity index (χ3v) is 3.04. The first kappa shape index (κ1) is 14.0. The Balaban J connectivity index is 2.07. The summed E-state index contributed by atoms with van der Waals surface area (Å²) in [4.78, 5) is 9.81. The van der Waals surface area contributed by atoms with Gasteiger partial charge < -0.3 is 5.32 Å². The number of nitro groups is 1. The summed E-state index contributed by atoms with van der Waals surface area (Å²) in [6.07, 6.45) is 0.946. The molecular formula is C15H15FN2O2. The number of benzene rings is 2. The first-order valence-corrected chi connectivity index (χ1v) is 6.35. The van der Waals surface area contributed by atoms with Crippen LogP contribution in [0.15, 0.2) is 42.5 Å². The van der Waals surface area contributed by atoms with E-state index in [4.69, 9.17) is 0 Å². The summed E-state index contributed by atoms with van der Waals surface area (Å²) in [7, 11) is 0. The third-order valence-electron chi connectivity index (χ3n) is 3.04. The molecule has 104 valence electrons. The summed E-state index contributed by atoms with van der Waals surface area (Å²) in [5, 5.41) is 13.7. The number of aryl methyl sites for hydroxylation is 1. The van der Waals surface area contributed by atoms with E-state index >= 15 is 0 Å². The van der Waals surface area contributed by atoms with Crippen LogP contribution in [-0.4, -0.2) is 4.92 Å². The molecule has 0 radical (unpaired) electrons. The first-order chi connectivity index (χ1) is 9.60. The normalized spacial score (nSPS) is 10.3. The predicted molar refractivity (Wildman–Crippen MR) is 76.2 cm³/mol. The summed E-state index contributed by atoms with van der Waals surface area (Å²) < 4.78 is 13.5. The summed E-state index contributed by atoms with van der Waals surface area (Å²) in [5.41, 5.74) is 2.32. The van der Waals surface area contributed by atoms with Gasteiger partial charge in [-0.2, -0.15) is 4.39 Å². The van der Waals surface area contributed by atoms with Crippen LogP contribution in [0, 0.1) is 15.9 Å². The number of nitro benzene ring substituents is 1. The van der Waals surface area contributed by atoms with Crippen molar-refractivity contribution < 1.29 is 9.31 Å². The zero-order chi connectivity index (χ0) is 14.5. The van der Waals surface area contributed by atoms with Gasteiger partial charge in [-0.15, -0.1) is 0 Å². The quantitative estimate of drug-likeness (QED) is 0.664. The minimum absolute atomic E-state index is 0.419. The number of rotatable bonds is 5. The molecule has 1 N–H and O–H groups in total. The van der Waals surface area contributed by atoms with E-state index in [1.54, 1.807) is 6.07 Å². The van der Waals surface area contributed by atoms with Gasteiger partial charge in [0.15, 0.2) is 0 Å². The van der Waals surface area contributed by atoms with Crippen LogP contribution >= 0.6 is 0 Å². The number of hydrogen-bond acceptors (Lipinski definition) is 3. The molecular weight excluding hydrogens is 259 g/mol. The third kappa shape index (κ3) is 3.32. The van der Waals surface area contributed by atoms with Gasteiger partial charge in [-0.05, 0) is 35.7 Å². The zero-order valence-corrected chi connectivity index (χ0v) is 11.1. The van der Waals surface area contributed by atoms with Gasteiger partial charge in [0.2, 0.25) is 5.82 Å². The van der Waals surface area contributed by atoms with Gasteiger partial charge in [0.1, 0.15) is 0 Å². The van der Waals surface area contributed by atoms with E-state index < -0.39 is 16.4 Å². The van der Waals surface area contributed by atoms with Crippen molar-refractivity contribution in [2.45, 2.75) is 19.9 Å². The summed E-state index contributed by atoms with van der Waals surface area (Å²) in [6, 6.07) is 11.9. The van der Waals surface area contributed by atoms with Gasteiger partial charge in [0, 0.05) is 18.3 Å². The van der Waals surface area contributed by atoms with E-state index in [-0.39, 0.29) is 0 Å². The van der Waals surface area contributed by atoms with Crippen molar-refractivity contribution in [1.82, 2.24) is 0 Å². The maximum absolute atomic E-state index is 13.5. The molecule has 20 heavy (non-hydrogen) atoms. The Morgan fingerprint density at radius 3 is 2.65 bits per heavy atom. The van der Waals surface area contributed by atoms with Crippen LogP contribution in [-0.2, 0) is 13.0 Å². The highest BCUT2D eigenvalue weighted by Gasteiger charge is 2.13. The Bertz CT molecular complexity index is 629. The molecule has 0 saturated heterocycles. The number of halogens is 1. The molecule has 0 atom stereocenters. The molecule has 0 amide bonds. The molecule has 0 heterocycles. The fourth-order valence-electron chi connectivity index (χ4n) is 1.91. The molecule has 0 unspecified atom stereocenters. The lowest BCUT2D eigenvalue weighted by Crippen LogP contribution is -2.01. The van der Waals surface area contributed by atoms with E-state index in [1.807, 2.05) is 24.3 Å². The van der Waals surface area contributed by atoms with Crippen molar-refractivity contribution in [3.63, 3.8) is 0 Å². The van der Waals surface area contributed by atoms with Gasteiger partial charge in [0.25, 0.3) is 0 Å². The van der Waals surface area contributed by atoms with Gasteiger partial charge in [-0.1, -0.05) is 25.1 Å². The summed E-state index contributed by atoms with van der Waals surface area (Å²) in [5.74, 6) is -0.809. The van der Waals surface area contributed by atoms with Crippen LogP contribution in [0.25, 0.3) is 0 Å². The van der Waals surface area contributed by atoms with E-state index in [1.165, 1.54) is 17.7 Å². The molecule has 0 aliphatic heterocycles. The maximum atomic E-state index is 13.5. The molecule has 0 saturated carbocycles. The Labute approximate surface area is 116 Å². The number of nitrogens with zero attached hydrogens (tertiary/aromatic N) is 1. The molecule has 2 rings (SSSR count). The second kappa shape index (κ2) is 6.14. The van der Waals surface area contributed by atoms with Crippen molar-refractivity contribution in [2.24, 2.45) is 0 Å². The van der Waals surface area contributed by atoms with Crippen LogP contribution < -0.4 is 5.32 Å². The minimum atomic E-state index is -0.809. The van der Waals surface area contributed by atoms with E-state index in [2.05, 4.69) is 12.2 Å². The molecule has 4 nitrogen and oxygen atoms in total. The first-order valence-electron chi connectivity index (χ1n) is 6.35. The molecule has 0 spiro atoms. The summed E-state index contributed by atoms with van der Waals surface area (Å²) in [6.45, 7) is 2.49. The monoisotopic (exact) mass is 274 g/mol. The van der Waals surface area contributed by atoms with Gasteiger partial charge in [-0.3, -0.25) is 10.1 Å². The Hall–Kier alpha value is -2.43. The molecule has 0 aliphatic carbocycles. The standard InChI is InChI=1S/C15H15FN2O2/c1-2-11-4-3-5-13(8-11)17-10-12-6-7-15(18(19)20)14(16)9-12/h3-9,17H,2,10H2,1H3. The minimum Gasteiger partial charge on any atom is -0.381 e. The van der Waals surface area contributed by atoms with E-state index in [0.29, 0.717) is 12.1 Å². The topological polar surface area (TPSA) is 55.2 Å². The maximum Gasteiger partial charge on any atom is 0.304 e. The molecule has 2 aromatic rings. The average molecular weight is 274 g/mol. The van der Waals surface area contributed by atoms with Crippen LogP contribution in [0.4, 0.5) is 15.8 Å². The molecule has 0 bridgehead atoms. The fraction of sp³-hybridized carbons (Fsp3) is 0.200. The second-order valence-corrected chi connectivity index (χ2v) is 4.45. The lowest BCUT2D eigenvalue weighted by atomic mass is 10.1. The van der Waals surface area contributed by atoms with Gasteiger partial charge >= 0.3 is 5.69 Å². The fourth-order valence-corrected chi connectivity index (χ4v) is 1.91.